The highest BCUT2D eigenvalue weighted by molar-refractivity contribution is 6.29. The summed E-state index contributed by atoms with van der Waals surface area (Å²) in [6.07, 6.45) is 0. The van der Waals surface area contributed by atoms with Gasteiger partial charge in [0, 0.05) is 27.1 Å². The van der Waals surface area contributed by atoms with E-state index < -0.39 is 0 Å². The fourth-order valence-electron chi connectivity index (χ4n) is 0.848. The molecule has 0 bridgehead atoms. The van der Waals surface area contributed by atoms with Crippen LogP contribution in [0, 0.1) is 0 Å². The quantitative estimate of drug-likeness (QED) is 0.751. The Morgan fingerprint density at radius 1 is 1.50 bits per heavy atom. The van der Waals surface area contributed by atoms with Gasteiger partial charge in [0.15, 0.2) is 0 Å². The topological polar surface area (TPSA) is 58.1 Å². The first-order valence-corrected chi connectivity index (χ1v) is 4.36. The first-order chi connectivity index (χ1) is 6.49. The van der Waals surface area contributed by atoms with Gasteiger partial charge in [-0.15, -0.1) is 0 Å². The monoisotopic (exact) mass is 214 g/mol. The van der Waals surface area contributed by atoms with Gasteiger partial charge in [0.05, 0.1) is 0 Å². The predicted molar refractivity (Wildman–Crippen MR) is 55.7 cm³/mol. The second kappa shape index (κ2) is 4.23. The molecule has 0 saturated heterocycles. The fraction of sp³-hybridized carbons (Fsp3) is 0.375. The van der Waals surface area contributed by atoms with Crippen molar-refractivity contribution in [2.45, 2.75) is 6.92 Å². The van der Waals surface area contributed by atoms with Crippen LogP contribution in [0.5, 0.6) is 0 Å². The van der Waals surface area contributed by atoms with Gasteiger partial charge in [-0.1, -0.05) is 11.6 Å². The number of hydrogen-bond acceptors (Lipinski definition) is 4. The van der Waals surface area contributed by atoms with Crippen LogP contribution < -0.4 is 10.2 Å². The minimum atomic E-state index is -0.225. The van der Waals surface area contributed by atoms with Crippen LogP contribution in [0.15, 0.2) is 6.07 Å². The van der Waals surface area contributed by atoms with Crippen molar-refractivity contribution in [2.24, 2.45) is 0 Å². The Hall–Kier alpha value is -1.36. The summed E-state index contributed by atoms with van der Waals surface area (Å²) in [7, 11) is 3.66. The number of hydrogen-bond donors (Lipinski definition) is 1. The molecular formula is C8H11ClN4O. The molecule has 6 heteroatoms. The van der Waals surface area contributed by atoms with Crippen molar-refractivity contribution in [1.82, 2.24) is 9.97 Å². The van der Waals surface area contributed by atoms with Crippen LogP contribution in [-0.2, 0) is 4.79 Å². The molecule has 0 saturated carbocycles. The lowest BCUT2D eigenvalue weighted by molar-refractivity contribution is -0.114. The molecule has 1 amide bonds. The zero-order chi connectivity index (χ0) is 10.7. The van der Waals surface area contributed by atoms with E-state index in [0.29, 0.717) is 11.0 Å². The highest BCUT2D eigenvalue weighted by Gasteiger charge is 2.05. The molecule has 0 fully saturated rings. The van der Waals surface area contributed by atoms with Crippen LogP contribution in [-0.4, -0.2) is 30.0 Å². The molecule has 76 valence electrons. The van der Waals surface area contributed by atoms with E-state index >= 15 is 0 Å². The van der Waals surface area contributed by atoms with Gasteiger partial charge in [0.2, 0.25) is 11.9 Å². The third-order valence-corrected chi connectivity index (χ3v) is 1.62. The zero-order valence-electron chi connectivity index (χ0n) is 8.21. The molecule has 14 heavy (non-hydrogen) atoms. The van der Waals surface area contributed by atoms with Gasteiger partial charge < -0.3 is 4.90 Å². The van der Waals surface area contributed by atoms with Crippen LogP contribution in [0.2, 0.25) is 5.15 Å². The minimum Gasteiger partial charge on any atom is -0.363 e. The van der Waals surface area contributed by atoms with Crippen molar-refractivity contribution in [2.75, 3.05) is 24.3 Å². The van der Waals surface area contributed by atoms with Gasteiger partial charge in [0.1, 0.15) is 11.0 Å². The Balaban J connectivity index is 3.01. The van der Waals surface area contributed by atoms with Crippen molar-refractivity contribution < 1.29 is 4.79 Å². The van der Waals surface area contributed by atoms with E-state index in [1.165, 1.54) is 6.92 Å². The molecule has 1 aromatic rings. The van der Waals surface area contributed by atoms with E-state index in [-0.39, 0.29) is 11.9 Å². The smallest absolute Gasteiger partial charge is 0.232 e. The summed E-state index contributed by atoms with van der Waals surface area (Å²) in [5.74, 6) is 0.638. The Labute approximate surface area is 87.1 Å². The molecule has 0 radical (unpaired) electrons. The number of carbonyl (C=O) groups excluding carboxylic acids is 1. The maximum atomic E-state index is 10.8. The first kappa shape index (κ1) is 10.7. The SMILES string of the molecule is CC(=O)Nc1nc(Cl)cc(N(C)C)n1. The van der Waals surface area contributed by atoms with Crippen molar-refractivity contribution >= 4 is 29.3 Å². The molecule has 0 aliphatic heterocycles. The van der Waals surface area contributed by atoms with Gasteiger partial charge >= 0.3 is 0 Å². The second-order valence-electron chi connectivity index (χ2n) is 2.95. The normalized spacial score (nSPS) is 9.71. The number of nitrogens with zero attached hydrogens (tertiary/aromatic N) is 3. The minimum absolute atomic E-state index is 0.216. The molecule has 5 nitrogen and oxygen atoms in total. The third kappa shape index (κ3) is 2.85. The maximum Gasteiger partial charge on any atom is 0.232 e. The van der Waals surface area contributed by atoms with E-state index in [0.717, 1.165) is 0 Å². The van der Waals surface area contributed by atoms with Crippen molar-refractivity contribution in [1.29, 1.82) is 0 Å². The van der Waals surface area contributed by atoms with E-state index in [2.05, 4.69) is 15.3 Å². The second-order valence-corrected chi connectivity index (χ2v) is 3.34. The van der Waals surface area contributed by atoms with Crippen LogP contribution >= 0.6 is 11.6 Å². The molecular weight excluding hydrogens is 204 g/mol. The summed E-state index contributed by atoms with van der Waals surface area (Å²) < 4.78 is 0. The highest BCUT2D eigenvalue weighted by Crippen LogP contribution is 2.15. The van der Waals surface area contributed by atoms with E-state index in [1.54, 1.807) is 11.0 Å². The summed E-state index contributed by atoms with van der Waals surface area (Å²) in [4.78, 5) is 20.5. The average molecular weight is 215 g/mol. The Morgan fingerprint density at radius 2 is 2.14 bits per heavy atom. The Kier molecular flexibility index (Phi) is 3.24. The van der Waals surface area contributed by atoms with E-state index in [4.69, 9.17) is 11.6 Å². The highest BCUT2D eigenvalue weighted by atomic mass is 35.5. The number of aromatic nitrogens is 2. The molecule has 0 unspecified atom stereocenters. The molecule has 1 rings (SSSR count). The molecule has 0 spiro atoms. The lowest BCUT2D eigenvalue weighted by Gasteiger charge is -2.12. The number of anilines is 2. The lowest BCUT2D eigenvalue weighted by atomic mass is 10.5. The van der Waals surface area contributed by atoms with Crippen molar-refractivity contribution in [3.8, 4) is 0 Å². The van der Waals surface area contributed by atoms with E-state index in [1.807, 2.05) is 14.1 Å². The number of rotatable bonds is 2. The molecule has 1 heterocycles. The molecule has 1 N–H and O–H groups in total. The van der Waals surface area contributed by atoms with Gasteiger partial charge in [-0.05, 0) is 0 Å². The van der Waals surface area contributed by atoms with Gasteiger partial charge in [-0.25, -0.2) is 4.98 Å². The van der Waals surface area contributed by atoms with Gasteiger partial charge in [-0.2, -0.15) is 4.98 Å². The van der Waals surface area contributed by atoms with Gasteiger partial charge in [-0.3, -0.25) is 10.1 Å². The number of nitrogens with one attached hydrogen (secondary N) is 1. The molecule has 0 aliphatic rings. The molecule has 0 aliphatic carbocycles. The van der Waals surface area contributed by atoms with Crippen molar-refractivity contribution in [3.63, 3.8) is 0 Å². The fourth-order valence-corrected chi connectivity index (χ4v) is 1.03. The Morgan fingerprint density at radius 3 is 2.64 bits per heavy atom. The number of carbonyl (C=O) groups is 1. The maximum absolute atomic E-state index is 10.8. The van der Waals surface area contributed by atoms with Crippen LogP contribution in [0.3, 0.4) is 0 Å². The number of halogens is 1. The number of amides is 1. The Bertz CT molecular complexity index is 353. The van der Waals surface area contributed by atoms with Gasteiger partial charge in [0.25, 0.3) is 0 Å². The molecule has 0 atom stereocenters. The zero-order valence-corrected chi connectivity index (χ0v) is 8.96. The van der Waals surface area contributed by atoms with E-state index in [9.17, 15) is 4.79 Å². The summed E-state index contributed by atoms with van der Waals surface area (Å²) in [6, 6.07) is 1.62. The van der Waals surface area contributed by atoms with Crippen LogP contribution in [0.25, 0.3) is 0 Å². The van der Waals surface area contributed by atoms with Crippen LogP contribution in [0.1, 0.15) is 6.92 Å². The largest absolute Gasteiger partial charge is 0.363 e. The summed E-state index contributed by atoms with van der Waals surface area (Å²) in [5, 5.41) is 2.77. The van der Waals surface area contributed by atoms with Crippen LogP contribution in [0.4, 0.5) is 11.8 Å². The standard InChI is InChI=1S/C8H11ClN4O/c1-5(14)10-8-11-6(9)4-7(12-8)13(2)3/h4H,1-3H3,(H,10,11,12,14). The molecule has 1 aromatic heterocycles. The lowest BCUT2D eigenvalue weighted by Crippen LogP contribution is -2.14. The summed E-state index contributed by atoms with van der Waals surface area (Å²) >= 11 is 5.75. The summed E-state index contributed by atoms with van der Waals surface area (Å²) in [6.45, 7) is 1.39. The average Bonchev–Trinajstić information content (AvgIpc) is 2.01. The third-order valence-electron chi connectivity index (χ3n) is 1.43. The summed E-state index contributed by atoms with van der Waals surface area (Å²) in [5.41, 5.74) is 0. The predicted octanol–water partition coefficient (Wildman–Crippen LogP) is 1.15. The van der Waals surface area contributed by atoms with Crippen molar-refractivity contribution in [3.05, 3.63) is 11.2 Å². The first-order valence-electron chi connectivity index (χ1n) is 3.98. The molecule has 0 aromatic carbocycles.